The summed E-state index contributed by atoms with van der Waals surface area (Å²) in [6.07, 6.45) is 1.21. The van der Waals surface area contributed by atoms with E-state index >= 15 is 0 Å². The number of nitrogens with zero attached hydrogens (tertiary/aromatic N) is 1. The standard InChI is InChI=1S/C40H38N2O5/c43-38(28-30-13-4-1-5-14-30)42(29-32-15-6-2-7-16-32)25-12-26-47-34-23-21-31(22-24-34)27-37(40(45)46)41-36-20-11-10-19-35(36)39(44)33-17-8-3-9-18-33/h1-11,13-24,37,41H,12,25-29H2,(H,45,46)/t37-/m0/s1. The normalized spacial score (nSPS) is 11.3. The summed E-state index contributed by atoms with van der Waals surface area (Å²) in [7, 11) is 0. The number of carbonyl (C=O) groups excluding carboxylic acids is 2. The van der Waals surface area contributed by atoms with Crippen LogP contribution in [0.4, 0.5) is 5.69 Å². The number of nitrogens with one attached hydrogen (secondary N) is 1. The minimum atomic E-state index is -1.02. The Hall–Kier alpha value is -5.69. The van der Waals surface area contributed by atoms with Crippen LogP contribution in [0.25, 0.3) is 0 Å². The van der Waals surface area contributed by atoms with E-state index < -0.39 is 12.0 Å². The molecule has 1 atom stereocenters. The molecule has 47 heavy (non-hydrogen) atoms. The molecule has 0 unspecified atom stereocenters. The van der Waals surface area contributed by atoms with E-state index in [9.17, 15) is 19.5 Å². The van der Waals surface area contributed by atoms with Gasteiger partial charge in [0.15, 0.2) is 5.78 Å². The number of para-hydroxylation sites is 1. The van der Waals surface area contributed by atoms with Crippen LogP contribution in [-0.2, 0) is 29.0 Å². The van der Waals surface area contributed by atoms with Gasteiger partial charge >= 0.3 is 5.97 Å². The first-order valence-corrected chi connectivity index (χ1v) is 15.7. The lowest BCUT2D eigenvalue weighted by atomic mass is 10.00. The maximum Gasteiger partial charge on any atom is 0.326 e. The van der Waals surface area contributed by atoms with Crippen molar-refractivity contribution in [1.82, 2.24) is 4.90 Å². The summed E-state index contributed by atoms with van der Waals surface area (Å²) in [6.45, 7) is 1.51. The van der Waals surface area contributed by atoms with Crippen LogP contribution in [-0.4, -0.2) is 46.9 Å². The molecule has 0 spiro atoms. The van der Waals surface area contributed by atoms with Crippen molar-refractivity contribution >= 4 is 23.3 Å². The summed E-state index contributed by atoms with van der Waals surface area (Å²) < 4.78 is 5.98. The van der Waals surface area contributed by atoms with E-state index in [1.807, 2.05) is 95.9 Å². The zero-order valence-electron chi connectivity index (χ0n) is 26.1. The number of rotatable bonds is 16. The number of ether oxygens (including phenoxy) is 1. The second-order valence-electron chi connectivity index (χ2n) is 11.3. The summed E-state index contributed by atoms with van der Waals surface area (Å²) in [5, 5.41) is 13.1. The Labute approximate surface area is 275 Å². The van der Waals surface area contributed by atoms with Crippen LogP contribution in [0.1, 0.15) is 39.0 Å². The first-order valence-electron chi connectivity index (χ1n) is 15.7. The quantitative estimate of drug-likeness (QED) is 0.0899. The Kier molecular flexibility index (Phi) is 11.5. The molecule has 0 aliphatic heterocycles. The highest BCUT2D eigenvalue weighted by Gasteiger charge is 2.21. The molecule has 7 nitrogen and oxygen atoms in total. The van der Waals surface area contributed by atoms with Crippen molar-refractivity contribution < 1.29 is 24.2 Å². The van der Waals surface area contributed by atoms with Gasteiger partial charge in [-0.25, -0.2) is 4.79 Å². The Balaban J connectivity index is 1.15. The SMILES string of the molecule is O=C(c1ccccc1)c1ccccc1N[C@@H](Cc1ccc(OCCCN(Cc2ccccc2)C(=O)Cc2ccccc2)cc1)C(=O)O. The van der Waals surface area contributed by atoms with Gasteiger partial charge in [-0.1, -0.05) is 115 Å². The molecule has 0 aliphatic rings. The van der Waals surface area contributed by atoms with Gasteiger partial charge in [0.1, 0.15) is 11.8 Å². The van der Waals surface area contributed by atoms with Crippen LogP contribution in [0.3, 0.4) is 0 Å². The van der Waals surface area contributed by atoms with E-state index in [1.165, 1.54) is 0 Å². The molecule has 5 aromatic rings. The fourth-order valence-electron chi connectivity index (χ4n) is 5.32. The Bertz CT molecular complexity index is 1740. The first-order chi connectivity index (χ1) is 23.0. The average molecular weight is 627 g/mol. The maximum absolute atomic E-state index is 13.2. The molecule has 0 aromatic heterocycles. The van der Waals surface area contributed by atoms with Gasteiger partial charge in [0.2, 0.25) is 5.91 Å². The van der Waals surface area contributed by atoms with Crippen LogP contribution in [0.15, 0.2) is 140 Å². The summed E-state index contributed by atoms with van der Waals surface area (Å²) in [5.41, 5.74) is 4.29. The summed E-state index contributed by atoms with van der Waals surface area (Å²) in [6, 6.07) is 42.0. The highest BCUT2D eigenvalue weighted by Crippen LogP contribution is 2.22. The molecule has 0 aliphatic carbocycles. The van der Waals surface area contributed by atoms with E-state index in [0.29, 0.717) is 55.1 Å². The molecule has 0 bridgehead atoms. The van der Waals surface area contributed by atoms with Crippen LogP contribution >= 0.6 is 0 Å². The molecule has 2 N–H and O–H groups in total. The summed E-state index contributed by atoms with van der Waals surface area (Å²) >= 11 is 0. The molecule has 0 saturated heterocycles. The molecule has 0 fully saturated rings. The summed E-state index contributed by atoms with van der Waals surface area (Å²) in [4.78, 5) is 40.4. The van der Waals surface area contributed by atoms with Gasteiger partial charge in [0.05, 0.1) is 13.0 Å². The van der Waals surface area contributed by atoms with Gasteiger partial charge in [-0.05, 0) is 47.4 Å². The molecule has 0 saturated carbocycles. The molecule has 5 aromatic carbocycles. The van der Waals surface area contributed by atoms with E-state index in [1.54, 1.807) is 48.5 Å². The number of ketones is 1. The Morgan fingerprint density at radius 2 is 1.28 bits per heavy atom. The predicted molar refractivity (Wildman–Crippen MR) is 184 cm³/mol. The fourth-order valence-corrected chi connectivity index (χ4v) is 5.32. The molecule has 0 heterocycles. The van der Waals surface area contributed by atoms with E-state index in [4.69, 9.17) is 4.74 Å². The van der Waals surface area contributed by atoms with Crippen LogP contribution in [0.5, 0.6) is 5.75 Å². The third-order valence-corrected chi connectivity index (χ3v) is 7.81. The number of carbonyl (C=O) groups is 3. The van der Waals surface area contributed by atoms with Gasteiger partial charge in [-0.15, -0.1) is 0 Å². The topological polar surface area (TPSA) is 95.9 Å². The second-order valence-corrected chi connectivity index (χ2v) is 11.3. The average Bonchev–Trinajstić information content (AvgIpc) is 3.11. The van der Waals surface area contributed by atoms with Crippen LogP contribution < -0.4 is 10.1 Å². The van der Waals surface area contributed by atoms with Crippen molar-refractivity contribution in [1.29, 1.82) is 0 Å². The number of carboxylic acids is 1. The van der Waals surface area contributed by atoms with E-state index in [2.05, 4.69) is 5.32 Å². The zero-order valence-corrected chi connectivity index (χ0v) is 26.1. The number of aliphatic carboxylic acids is 1. The lowest BCUT2D eigenvalue weighted by Crippen LogP contribution is -2.33. The summed E-state index contributed by atoms with van der Waals surface area (Å²) in [5.74, 6) is -0.465. The van der Waals surface area contributed by atoms with Crippen molar-refractivity contribution in [2.45, 2.75) is 31.8 Å². The van der Waals surface area contributed by atoms with Gasteiger partial charge in [-0.3, -0.25) is 9.59 Å². The number of hydrogen-bond donors (Lipinski definition) is 2. The maximum atomic E-state index is 13.2. The Morgan fingerprint density at radius 3 is 1.94 bits per heavy atom. The number of benzene rings is 5. The largest absolute Gasteiger partial charge is 0.494 e. The number of hydrogen-bond acceptors (Lipinski definition) is 5. The van der Waals surface area contributed by atoms with E-state index in [0.717, 1.165) is 16.7 Å². The fraction of sp³-hybridized carbons (Fsp3) is 0.175. The molecular weight excluding hydrogens is 588 g/mol. The van der Waals surface area contributed by atoms with Crippen LogP contribution in [0, 0.1) is 0 Å². The van der Waals surface area contributed by atoms with Crippen molar-refractivity contribution in [3.8, 4) is 5.75 Å². The van der Waals surface area contributed by atoms with Gasteiger partial charge in [0.25, 0.3) is 0 Å². The second kappa shape index (κ2) is 16.6. The van der Waals surface area contributed by atoms with Gasteiger partial charge in [0, 0.05) is 36.3 Å². The minimum absolute atomic E-state index is 0.0676. The van der Waals surface area contributed by atoms with E-state index in [-0.39, 0.29) is 18.1 Å². The minimum Gasteiger partial charge on any atom is -0.494 e. The van der Waals surface area contributed by atoms with Crippen molar-refractivity contribution in [2.75, 3.05) is 18.5 Å². The van der Waals surface area contributed by atoms with Crippen LogP contribution in [0.2, 0.25) is 0 Å². The number of carboxylic acid groups (broad SMARTS) is 1. The zero-order chi connectivity index (χ0) is 32.8. The monoisotopic (exact) mass is 626 g/mol. The molecule has 1 amide bonds. The van der Waals surface area contributed by atoms with Crippen molar-refractivity contribution in [2.24, 2.45) is 0 Å². The highest BCUT2D eigenvalue weighted by atomic mass is 16.5. The number of amides is 1. The first kappa shape index (κ1) is 32.7. The lowest BCUT2D eigenvalue weighted by molar-refractivity contribution is -0.138. The van der Waals surface area contributed by atoms with Gasteiger partial charge < -0.3 is 20.1 Å². The molecule has 5 rings (SSSR count). The third kappa shape index (κ3) is 9.65. The smallest absolute Gasteiger partial charge is 0.326 e. The number of anilines is 1. The third-order valence-electron chi connectivity index (χ3n) is 7.81. The van der Waals surface area contributed by atoms with Gasteiger partial charge in [-0.2, -0.15) is 0 Å². The van der Waals surface area contributed by atoms with Crippen molar-refractivity contribution in [3.63, 3.8) is 0 Å². The Morgan fingerprint density at radius 1 is 0.681 bits per heavy atom. The highest BCUT2D eigenvalue weighted by molar-refractivity contribution is 6.12. The molecule has 7 heteroatoms. The predicted octanol–water partition coefficient (Wildman–Crippen LogP) is 7.07. The molecular formula is C40H38N2O5. The van der Waals surface area contributed by atoms with Crippen molar-refractivity contribution in [3.05, 3.63) is 167 Å². The lowest BCUT2D eigenvalue weighted by Gasteiger charge is -2.23. The molecule has 0 radical (unpaired) electrons. The molecule has 238 valence electrons.